The van der Waals surface area contributed by atoms with Gasteiger partial charge in [0.15, 0.2) is 0 Å². The zero-order valence-electron chi connectivity index (χ0n) is 16.3. The van der Waals surface area contributed by atoms with Crippen LogP contribution >= 0.6 is 11.3 Å². The molecule has 4 heterocycles. The van der Waals surface area contributed by atoms with Crippen molar-refractivity contribution in [3.8, 4) is 0 Å². The molecule has 0 spiro atoms. The normalized spacial score (nSPS) is 19.8. The van der Waals surface area contributed by atoms with Crippen LogP contribution in [0.1, 0.15) is 33.8 Å². The molecule has 4 rings (SSSR count). The molecule has 0 N–H and O–H groups in total. The number of carbonyl (C=O) groups excluding carboxylic acids is 1. The number of piperidine rings is 1. The van der Waals surface area contributed by atoms with Crippen LogP contribution in [0.3, 0.4) is 0 Å². The Kier molecular flexibility index (Phi) is 5.81. The van der Waals surface area contributed by atoms with Crippen LogP contribution in [-0.2, 0) is 10.9 Å². The lowest BCUT2D eigenvalue weighted by molar-refractivity contribution is -0.140. The SMILES string of the molecule is Cc1c(C(=O)N2CCC(CN3CCOCC3)CC2)sc2nc(C(F)(F)F)ccc12. The first-order valence-electron chi connectivity index (χ1n) is 9.89. The number of nitrogens with zero attached hydrogens (tertiary/aromatic N) is 3. The van der Waals surface area contributed by atoms with Crippen LogP contribution in [0.15, 0.2) is 12.1 Å². The lowest BCUT2D eigenvalue weighted by Gasteiger charge is -2.36. The fourth-order valence-corrected chi connectivity index (χ4v) is 5.22. The van der Waals surface area contributed by atoms with Gasteiger partial charge in [0.2, 0.25) is 0 Å². The number of hydrogen-bond donors (Lipinski definition) is 0. The van der Waals surface area contributed by atoms with Gasteiger partial charge in [-0.3, -0.25) is 9.69 Å². The molecule has 0 bridgehead atoms. The van der Waals surface area contributed by atoms with Gasteiger partial charge in [-0.2, -0.15) is 13.2 Å². The predicted octanol–water partition coefficient (Wildman–Crippen LogP) is 3.81. The maximum absolute atomic E-state index is 13.0. The Morgan fingerprint density at radius 3 is 2.55 bits per heavy atom. The minimum absolute atomic E-state index is 0.0936. The van der Waals surface area contributed by atoms with E-state index in [1.807, 2.05) is 4.90 Å². The Labute approximate surface area is 171 Å². The van der Waals surface area contributed by atoms with Gasteiger partial charge in [0.25, 0.3) is 5.91 Å². The maximum atomic E-state index is 13.0. The first-order chi connectivity index (χ1) is 13.8. The van der Waals surface area contributed by atoms with E-state index in [2.05, 4.69) is 9.88 Å². The number of halogens is 3. The summed E-state index contributed by atoms with van der Waals surface area (Å²) in [6, 6.07) is 2.40. The van der Waals surface area contributed by atoms with Crippen LogP contribution in [0.25, 0.3) is 10.2 Å². The quantitative estimate of drug-likeness (QED) is 0.748. The molecule has 29 heavy (non-hydrogen) atoms. The van der Waals surface area contributed by atoms with E-state index in [1.165, 1.54) is 6.07 Å². The Morgan fingerprint density at radius 1 is 1.21 bits per heavy atom. The van der Waals surface area contributed by atoms with Gasteiger partial charge >= 0.3 is 6.18 Å². The number of alkyl halides is 3. The zero-order chi connectivity index (χ0) is 20.6. The van der Waals surface area contributed by atoms with Gasteiger partial charge in [-0.1, -0.05) is 0 Å². The van der Waals surface area contributed by atoms with Gasteiger partial charge in [0, 0.05) is 38.1 Å². The third-order valence-electron chi connectivity index (χ3n) is 5.81. The fourth-order valence-electron chi connectivity index (χ4n) is 4.07. The second-order valence-corrected chi connectivity index (χ2v) is 8.75. The molecular weight excluding hydrogens is 403 g/mol. The second-order valence-electron chi connectivity index (χ2n) is 7.75. The van der Waals surface area contributed by atoms with Crippen molar-refractivity contribution in [3.63, 3.8) is 0 Å². The average molecular weight is 427 g/mol. The van der Waals surface area contributed by atoms with E-state index in [9.17, 15) is 18.0 Å². The number of carbonyl (C=O) groups is 1. The Bertz CT molecular complexity index is 885. The summed E-state index contributed by atoms with van der Waals surface area (Å²) in [7, 11) is 0. The van der Waals surface area contributed by atoms with E-state index >= 15 is 0 Å². The van der Waals surface area contributed by atoms with Crippen LogP contribution < -0.4 is 0 Å². The number of ether oxygens (including phenoxy) is 1. The van der Waals surface area contributed by atoms with Crippen molar-refractivity contribution in [2.24, 2.45) is 5.92 Å². The highest BCUT2D eigenvalue weighted by molar-refractivity contribution is 7.20. The van der Waals surface area contributed by atoms with Gasteiger partial charge in [0.1, 0.15) is 10.5 Å². The summed E-state index contributed by atoms with van der Waals surface area (Å²) in [5.41, 5.74) is -0.208. The number of hydrogen-bond acceptors (Lipinski definition) is 5. The van der Waals surface area contributed by atoms with Gasteiger partial charge in [-0.05, 0) is 43.4 Å². The van der Waals surface area contributed by atoms with E-state index in [0.29, 0.717) is 34.8 Å². The van der Waals surface area contributed by atoms with Crippen molar-refractivity contribution in [2.45, 2.75) is 25.9 Å². The lowest BCUT2D eigenvalue weighted by atomic mass is 9.95. The molecule has 1 amide bonds. The monoisotopic (exact) mass is 427 g/mol. The highest BCUT2D eigenvalue weighted by Crippen LogP contribution is 2.35. The summed E-state index contributed by atoms with van der Waals surface area (Å²) in [6.45, 7) is 7.69. The number of amides is 1. The van der Waals surface area contributed by atoms with Crippen molar-refractivity contribution in [1.29, 1.82) is 0 Å². The number of pyridine rings is 1. The number of likely N-dealkylation sites (tertiary alicyclic amines) is 1. The molecule has 2 saturated heterocycles. The molecule has 0 unspecified atom stereocenters. The molecule has 2 fully saturated rings. The molecule has 2 aromatic rings. The zero-order valence-corrected chi connectivity index (χ0v) is 17.1. The van der Waals surface area contributed by atoms with E-state index < -0.39 is 11.9 Å². The summed E-state index contributed by atoms with van der Waals surface area (Å²) in [4.78, 5) is 21.8. The van der Waals surface area contributed by atoms with Crippen molar-refractivity contribution in [3.05, 3.63) is 28.3 Å². The summed E-state index contributed by atoms with van der Waals surface area (Å²) < 4.78 is 44.2. The van der Waals surface area contributed by atoms with E-state index in [1.54, 1.807) is 6.92 Å². The maximum Gasteiger partial charge on any atom is 0.433 e. The fraction of sp³-hybridized carbons (Fsp3) is 0.600. The number of fused-ring (bicyclic) bond motifs is 1. The summed E-state index contributed by atoms with van der Waals surface area (Å²) in [6.07, 6.45) is -2.59. The molecule has 0 atom stereocenters. The standard InChI is InChI=1S/C20H24F3N3O2S/c1-13-15-2-3-16(20(21,22)23)24-18(15)29-17(13)19(27)26-6-4-14(5-7-26)12-25-8-10-28-11-9-25/h2-3,14H,4-12H2,1H3. The molecule has 0 aromatic carbocycles. The molecule has 5 nitrogen and oxygen atoms in total. The van der Waals surface area contributed by atoms with Crippen molar-refractivity contribution in [2.75, 3.05) is 45.9 Å². The van der Waals surface area contributed by atoms with Crippen molar-refractivity contribution >= 4 is 27.5 Å². The van der Waals surface area contributed by atoms with Gasteiger partial charge in [-0.25, -0.2) is 4.98 Å². The van der Waals surface area contributed by atoms with Crippen molar-refractivity contribution in [1.82, 2.24) is 14.8 Å². The highest BCUT2D eigenvalue weighted by atomic mass is 32.1. The molecule has 9 heteroatoms. The first kappa shape index (κ1) is 20.6. The number of morpholine rings is 1. The Hall–Kier alpha value is -1.71. The Morgan fingerprint density at radius 2 is 1.90 bits per heavy atom. The predicted molar refractivity (Wildman–Crippen MR) is 105 cm³/mol. The number of aryl methyl sites for hydroxylation is 1. The van der Waals surface area contributed by atoms with Gasteiger partial charge in [0.05, 0.1) is 18.1 Å². The van der Waals surface area contributed by atoms with Crippen LogP contribution in [0, 0.1) is 12.8 Å². The topological polar surface area (TPSA) is 45.7 Å². The summed E-state index contributed by atoms with van der Waals surface area (Å²) in [5.74, 6) is 0.473. The molecule has 2 aromatic heterocycles. The molecule has 0 radical (unpaired) electrons. The van der Waals surface area contributed by atoms with E-state index in [0.717, 1.165) is 63.1 Å². The van der Waals surface area contributed by atoms with Crippen molar-refractivity contribution < 1.29 is 22.7 Å². The third kappa shape index (κ3) is 4.41. The molecule has 0 aliphatic carbocycles. The highest BCUT2D eigenvalue weighted by Gasteiger charge is 2.33. The minimum atomic E-state index is -4.49. The van der Waals surface area contributed by atoms with Crippen LogP contribution in [0.4, 0.5) is 13.2 Å². The molecule has 2 aliphatic rings. The molecule has 2 aliphatic heterocycles. The first-order valence-corrected chi connectivity index (χ1v) is 10.7. The third-order valence-corrected chi connectivity index (χ3v) is 7.00. The van der Waals surface area contributed by atoms with Crippen LogP contribution in [0.2, 0.25) is 0 Å². The largest absolute Gasteiger partial charge is 0.433 e. The number of rotatable bonds is 3. The van der Waals surface area contributed by atoms with Gasteiger partial charge < -0.3 is 9.64 Å². The smallest absolute Gasteiger partial charge is 0.379 e. The van der Waals surface area contributed by atoms with E-state index in [-0.39, 0.29) is 10.7 Å². The average Bonchev–Trinajstić information content (AvgIpc) is 3.04. The summed E-state index contributed by atoms with van der Waals surface area (Å²) in [5, 5.41) is 0.619. The molecule has 0 saturated carbocycles. The second kappa shape index (κ2) is 8.20. The number of thiophene rings is 1. The van der Waals surface area contributed by atoms with Crippen LogP contribution in [-0.4, -0.2) is 66.6 Å². The number of aromatic nitrogens is 1. The lowest BCUT2D eigenvalue weighted by Crippen LogP contribution is -2.44. The van der Waals surface area contributed by atoms with E-state index in [4.69, 9.17) is 4.74 Å². The Balaban J connectivity index is 1.43. The molecule has 158 valence electrons. The molecular formula is C20H24F3N3O2S. The van der Waals surface area contributed by atoms with Crippen LogP contribution in [0.5, 0.6) is 0 Å². The van der Waals surface area contributed by atoms with Gasteiger partial charge in [-0.15, -0.1) is 11.3 Å². The summed E-state index contributed by atoms with van der Waals surface area (Å²) >= 11 is 1.06. The minimum Gasteiger partial charge on any atom is -0.379 e.